The van der Waals surface area contributed by atoms with E-state index in [4.69, 9.17) is 0 Å². The highest BCUT2D eigenvalue weighted by atomic mass is 15.2. The topological polar surface area (TPSA) is 77.7 Å². The Morgan fingerprint density at radius 1 is 1.16 bits per heavy atom. The van der Waals surface area contributed by atoms with Crippen LogP contribution in [0, 0.1) is 11.3 Å². The summed E-state index contributed by atoms with van der Waals surface area (Å²) in [6, 6.07) is 16.0. The summed E-state index contributed by atoms with van der Waals surface area (Å²) >= 11 is 0. The minimum atomic E-state index is 0.214. The van der Waals surface area contributed by atoms with E-state index < -0.39 is 0 Å². The van der Waals surface area contributed by atoms with Crippen molar-refractivity contribution in [3.05, 3.63) is 60.0 Å². The van der Waals surface area contributed by atoms with Gasteiger partial charge in [-0.2, -0.15) is 5.26 Å². The van der Waals surface area contributed by atoms with Crippen LogP contribution in [-0.2, 0) is 0 Å². The molecule has 126 valence electrons. The molecule has 0 aliphatic carbocycles. The number of benzene rings is 1. The number of pyridine rings is 1. The van der Waals surface area contributed by atoms with Crippen LogP contribution in [0.1, 0.15) is 24.4 Å². The number of nitrogens with zero attached hydrogens (tertiary/aromatic N) is 5. The second kappa shape index (κ2) is 7.69. The molecule has 1 N–H and O–H groups in total. The van der Waals surface area contributed by atoms with Crippen molar-refractivity contribution in [1.82, 2.24) is 20.1 Å². The molecule has 2 heterocycles. The van der Waals surface area contributed by atoms with E-state index in [-0.39, 0.29) is 6.04 Å². The molecule has 6 nitrogen and oxygen atoms in total. The molecule has 0 radical (unpaired) electrons. The highest BCUT2D eigenvalue weighted by Crippen LogP contribution is 2.23. The van der Waals surface area contributed by atoms with Crippen LogP contribution in [0.5, 0.6) is 0 Å². The molecule has 0 aliphatic heterocycles. The average molecular weight is 332 g/mol. The summed E-state index contributed by atoms with van der Waals surface area (Å²) < 4.78 is 0. The lowest BCUT2D eigenvalue weighted by Crippen LogP contribution is -2.28. The zero-order valence-corrected chi connectivity index (χ0v) is 14.3. The number of nitrogens with one attached hydrogen (secondary N) is 1. The molecule has 3 rings (SSSR count). The van der Waals surface area contributed by atoms with Crippen LogP contribution in [0.15, 0.2) is 48.7 Å². The summed E-state index contributed by atoms with van der Waals surface area (Å²) in [4.78, 5) is 6.63. The first-order chi connectivity index (χ1) is 12.2. The fourth-order valence-corrected chi connectivity index (χ4v) is 2.71. The number of hydrogen-bond donors (Lipinski definition) is 1. The Morgan fingerprint density at radius 2 is 1.96 bits per heavy atom. The first kappa shape index (κ1) is 16.8. The lowest BCUT2D eigenvalue weighted by Gasteiger charge is -2.24. The number of likely N-dealkylation sites (N-methyl/N-ethyl adjacent to an activating group) is 1. The van der Waals surface area contributed by atoms with E-state index in [1.54, 1.807) is 0 Å². The monoisotopic (exact) mass is 332 g/mol. The Labute approximate surface area is 147 Å². The molecule has 0 amide bonds. The van der Waals surface area contributed by atoms with Gasteiger partial charge in [-0.15, -0.1) is 10.2 Å². The number of anilines is 1. The van der Waals surface area contributed by atoms with Gasteiger partial charge in [-0.05, 0) is 32.2 Å². The normalized spacial score (nSPS) is 12.1. The number of nitriles is 1. The Kier molecular flexibility index (Phi) is 5.17. The molecule has 0 saturated heterocycles. The van der Waals surface area contributed by atoms with Crippen molar-refractivity contribution in [2.75, 3.05) is 25.5 Å². The molecule has 0 spiro atoms. The van der Waals surface area contributed by atoms with E-state index in [9.17, 15) is 5.26 Å². The summed E-state index contributed by atoms with van der Waals surface area (Å²) in [5.41, 5.74) is 2.88. The predicted molar refractivity (Wildman–Crippen MR) is 98.0 cm³/mol. The molecule has 25 heavy (non-hydrogen) atoms. The van der Waals surface area contributed by atoms with Crippen LogP contribution in [-0.4, -0.2) is 40.2 Å². The van der Waals surface area contributed by atoms with Crippen molar-refractivity contribution in [2.45, 2.75) is 13.0 Å². The first-order valence-corrected chi connectivity index (χ1v) is 8.21. The van der Waals surface area contributed by atoms with Crippen LogP contribution in [0.25, 0.3) is 10.9 Å². The number of fused-ring (bicyclic) bond motifs is 1. The lowest BCUT2D eigenvalue weighted by atomic mass is 10.1. The fraction of sp³-hybridized carbons (Fsp3) is 0.263. The maximum Gasteiger partial charge on any atom is 0.186 e. The molecule has 0 saturated carbocycles. The molecule has 6 heteroatoms. The molecular weight excluding hydrogens is 312 g/mol. The third-order valence-electron chi connectivity index (χ3n) is 4.32. The predicted octanol–water partition coefficient (Wildman–Crippen LogP) is 3.00. The zero-order chi connectivity index (χ0) is 17.6. The molecule has 0 bridgehead atoms. The molecule has 3 aromatic rings. The van der Waals surface area contributed by atoms with Gasteiger partial charge in [0.1, 0.15) is 6.07 Å². The van der Waals surface area contributed by atoms with Gasteiger partial charge >= 0.3 is 0 Å². The second-order valence-electron chi connectivity index (χ2n) is 5.89. The van der Waals surface area contributed by atoms with E-state index in [2.05, 4.69) is 45.4 Å². The number of aromatic nitrogens is 3. The molecule has 1 atom stereocenters. The van der Waals surface area contributed by atoms with Gasteiger partial charge < -0.3 is 5.32 Å². The first-order valence-electron chi connectivity index (χ1n) is 8.21. The van der Waals surface area contributed by atoms with Gasteiger partial charge in [-0.1, -0.05) is 24.3 Å². The molecule has 0 fully saturated rings. The van der Waals surface area contributed by atoms with Gasteiger partial charge in [0.25, 0.3) is 0 Å². The van der Waals surface area contributed by atoms with E-state index >= 15 is 0 Å². The van der Waals surface area contributed by atoms with Crippen molar-refractivity contribution in [3.63, 3.8) is 0 Å². The smallest absolute Gasteiger partial charge is 0.186 e. The lowest BCUT2D eigenvalue weighted by molar-refractivity contribution is 0.267. The molecule has 1 aromatic carbocycles. The molecular formula is C19H20N6. The van der Waals surface area contributed by atoms with Crippen LogP contribution in [0.2, 0.25) is 0 Å². The number of hydrogen-bond acceptors (Lipinski definition) is 6. The summed E-state index contributed by atoms with van der Waals surface area (Å²) in [7, 11) is 2.06. The van der Waals surface area contributed by atoms with Gasteiger partial charge in [0.05, 0.1) is 16.9 Å². The van der Waals surface area contributed by atoms with E-state index in [0.29, 0.717) is 12.2 Å². The van der Waals surface area contributed by atoms with Gasteiger partial charge in [0, 0.05) is 30.7 Å². The van der Waals surface area contributed by atoms with Crippen molar-refractivity contribution in [3.8, 4) is 6.07 Å². The van der Waals surface area contributed by atoms with Gasteiger partial charge in [0.15, 0.2) is 5.69 Å². The van der Waals surface area contributed by atoms with Crippen molar-refractivity contribution < 1.29 is 0 Å². The molecule has 1 unspecified atom stereocenters. The number of rotatable bonds is 6. The third kappa shape index (κ3) is 3.73. The van der Waals surface area contributed by atoms with Gasteiger partial charge in [-0.25, -0.2) is 0 Å². The average Bonchev–Trinajstić information content (AvgIpc) is 2.68. The van der Waals surface area contributed by atoms with E-state index in [1.165, 1.54) is 0 Å². The molecule has 2 aromatic heterocycles. The Hall–Kier alpha value is -3.04. The third-order valence-corrected chi connectivity index (χ3v) is 4.32. The minimum absolute atomic E-state index is 0.214. The van der Waals surface area contributed by atoms with Crippen molar-refractivity contribution in [1.29, 1.82) is 5.26 Å². The Bertz CT molecular complexity index is 887. The maximum atomic E-state index is 9.31. The second-order valence-corrected chi connectivity index (χ2v) is 5.89. The van der Waals surface area contributed by atoms with Crippen LogP contribution >= 0.6 is 0 Å². The minimum Gasteiger partial charge on any atom is -0.381 e. The highest BCUT2D eigenvalue weighted by Gasteiger charge is 2.13. The fourth-order valence-electron chi connectivity index (χ4n) is 2.71. The van der Waals surface area contributed by atoms with Crippen LogP contribution < -0.4 is 5.32 Å². The summed E-state index contributed by atoms with van der Waals surface area (Å²) in [6.45, 7) is 3.63. The summed E-state index contributed by atoms with van der Waals surface area (Å²) in [5.74, 6) is 0. The van der Waals surface area contributed by atoms with Crippen LogP contribution in [0.4, 0.5) is 5.69 Å². The summed E-state index contributed by atoms with van der Waals surface area (Å²) in [5, 5.41) is 21.7. The SMILES string of the molecule is CC(c1ccccn1)N(C)CCNc1c(C#N)nnc2ccccc12. The highest BCUT2D eigenvalue weighted by molar-refractivity contribution is 5.92. The van der Waals surface area contributed by atoms with Crippen molar-refractivity contribution >= 4 is 16.6 Å². The quantitative estimate of drug-likeness (QED) is 0.747. The van der Waals surface area contributed by atoms with Crippen LogP contribution in [0.3, 0.4) is 0 Å². The van der Waals surface area contributed by atoms with E-state index in [0.717, 1.165) is 28.8 Å². The van der Waals surface area contributed by atoms with Gasteiger partial charge in [-0.3, -0.25) is 9.88 Å². The van der Waals surface area contributed by atoms with Crippen molar-refractivity contribution in [2.24, 2.45) is 0 Å². The largest absolute Gasteiger partial charge is 0.381 e. The van der Waals surface area contributed by atoms with Gasteiger partial charge in [0.2, 0.25) is 0 Å². The summed E-state index contributed by atoms with van der Waals surface area (Å²) in [6.07, 6.45) is 1.81. The molecule has 0 aliphatic rings. The maximum absolute atomic E-state index is 9.31. The standard InChI is InChI=1S/C19H20N6/c1-14(16-8-5-6-10-21-16)25(2)12-11-22-19-15-7-3-4-9-17(15)23-24-18(19)13-20/h3-10,14H,11-12H2,1-2H3,(H,22,23). The van der Waals surface area contributed by atoms with E-state index in [1.807, 2.05) is 48.7 Å². The Morgan fingerprint density at radius 3 is 2.72 bits per heavy atom. The zero-order valence-electron chi connectivity index (χ0n) is 14.3. The Balaban J connectivity index is 1.70.